The summed E-state index contributed by atoms with van der Waals surface area (Å²) in [5.41, 5.74) is 8.21. The van der Waals surface area contributed by atoms with Crippen LogP contribution in [0.15, 0.2) is 18.2 Å². The van der Waals surface area contributed by atoms with E-state index in [2.05, 4.69) is 10.2 Å². The lowest BCUT2D eigenvalue weighted by Gasteiger charge is -2.30. The van der Waals surface area contributed by atoms with Crippen molar-refractivity contribution in [1.29, 1.82) is 0 Å². The van der Waals surface area contributed by atoms with E-state index in [1.54, 1.807) is 13.2 Å². The average molecular weight is 277 g/mol. The van der Waals surface area contributed by atoms with Crippen molar-refractivity contribution in [3.8, 4) is 0 Å². The molecule has 110 valence electrons. The first kappa shape index (κ1) is 14.8. The Morgan fingerprint density at radius 1 is 1.45 bits per heavy atom. The molecule has 1 amide bonds. The fourth-order valence-electron chi connectivity index (χ4n) is 2.55. The zero-order chi connectivity index (χ0) is 14.5. The lowest BCUT2D eigenvalue weighted by Crippen LogP contribution is -2.41. The monoisotopic (exact) mass is 277 g/mol. The van der Waals surface area contributed by atoms with E-state index in [1.165, 1.54) is 0 Å². The summed E-state index contributed by atoms with van der Waals surface area (Å²) in [6.45, 7) is 4.14. The maximum Gasteiger partial charge on any atom is 0.238 e. The van der Waals surface area contributed by atoms with E-state index in [-0.39, 0.29) is 5.91 Å². The van der Waals surface area contributed by atoms with E-state index in [0.29, 0.717) is 18.3 Å². The molecular weight excluding hydrogens is 254 g/mol. The van der Waals surface area contributed by atoms with Crippen molar-refractivity contribution < 1.29 is 9.53 Å². The fourth-order valence-corrected chi connectivity index (χ4v) is 2.55. The number of nitrogens with one attached hydrogen (secondary N) is 1. The summed E-state index contributed by atoms with van der Waals surface area (Å²) >= 11 is 0. The molecule has 5 heteroatoms. The second-order valence-corrected chi connectivity index (χ2v) is 5.30. The average Bonchev–Trinajstić information content (AvgIpc) is 2.44. The number of benzene rings is 1. The molecule has 1 saturated heterocycles. The van der Waals surface area contributed by atoms with E-state index in [4.69, 9.17) is 10.5 Å². The molecule has 0 spiro atoms. The lowest BCUT2D eigenvalue weighted by atomic mass is 10.1. The van der Waals surface area contributed by atoms with Gasteiger partial charge in [0.1, 0.15) is 0 Å². The number of carbonyl (C=O) groups excluding carboxylic acids is 1. The summed E-state index contributed by atoms with van der Waals surface area (Å²) in [6.07, 6.45) is 2.30. The molecular formula is C15H23N3O2. The van der Waals surface area contributed by atoms with E-state index in [0.717, 1.165) is 37.2 Å². The molecule has 0 unspecified atom stereocenters. The molecule has 0 aromatic heterocycles. The van der Waals surface area contributed by atoms with Gasteiger partial charge in [0.15, 0.2) is 0 Å². The number of amides is 1. The van der Waals surface area contributed by atoms with Crippen molar-refractivity contribution in [1.82, 2.24) is 4.90 Å². The molecule has 1 aliphatic heterocycles. The Kier molecular flexibility index (Phi) is 4.98. The minimum absolute atomic E-state index is 0.0122. The number of rotatable bonds is 4. The minimum atomic E-state index is -0.0122. The molecule has 1 aliphatic rings. The van der Waals surface area contributed by atoms with Crippen LogP contribution in [0.4, 0.5) is 11.4 Å². The summed E-state index contributed by atoms with van der Waals surface area (Å²) in [7, 11) is 1.74. The highest BCUT2D eigenvalue weighted by Gasteiger charge is 2.20. The third kappa shape index (κ3) is 3.71. The number of likely N-dealkylation sites (tertiary alicyclic amines) is 1. The number of nitrogens with zero attached hydrogens (tertiary/aromatic N) is 1. The second-order valence-electron chi connectivity index (χ2n) is 5.30. The summed E-state index contributed by atoms with van der Waals surface area (Å²) in [6, 6.07) is 5.62. The Morgan fingerprint density at radius 3 is 2.75 bits per heavy atom. The van der Waals surface area contributed by atoms with Crippen LogP contribution < -0.4 is 11.1 Å². The van der Waals surface area contributed by atoms with Gasteiger partial charge in [-0.25, -0.2) is 0 Å². The SMILES string of the molecule is COC1CCN(CC(=O)Nc2c(C)cccc2N)CC1. The third-order valence-electron chi connectivity index (χ3n) is 3.80. The Hall–Kier alpha value is -1.59. The van der Waals surface area contributed by atoms with Gasteiger partial charge in [0, 0.05) is 20.2 Å². The molecule has 1 heterocycles. The van der Waals surface area contributed by atoms with Crippen molar-refractivity contribution in [2.45, 2.75) is 25.9 Å². The number of methoxy groups -OCH3 is 1. The predicted octanol–water partition coefficient (Wildman–Crippen LogP) is 1.63. The predicted molar refractivity (Wildman–Crippen MR) is 80.7 cm³/mol. The van der Waals surface area contributed by atoms with Gasteiger partial charge in [-0.1, -0.05) is 12.1 Å². The molecule has 0 bridgehead atoms. The minimum Gasteiger partial charge on any atom is -0.397 e. The van der Waals surface area contributed by atoms with Crippen molar-refractivity contribution >= 4 is 17.3 Å². The van der Waals surface area contributed by atoms with Crippen molar-refractivity contribution in [2.75, 3.05) is 37.8 Å². The van der Waals surface area contributed by atoms with Gasteiger partial charge in [0.05, 0.1) is 24.0 Å². The van der Waals surface area contributed by atoms with Gasteiger partial charge >= 0.3 is 0 Å². The highest BCUT2D eigenvalue weighted by molar-refractivity contribution is 5.96. The van der Waals surface area contributed by atoms with Gasteiger partial charge < -0.3 is 15.8 Å². The molecule has 0 saturated carbocycles. The van der Waals surface area contributed by atoms with Crippen LogP contribution in [0.3, 0.4) is 0 Å². The maximum absolute atomic E-state index is 12.1. The number of nitrogen functional groups attached to an aromatic ring is 1. The zero-order valence-corrected chi connectivity index (χ0v) is 12.2. The quantitative estimate of drug-likeness (QED) is 0.821. The van der Waals surface area contributed by atoms with E-state index < -0.39 is 0 Å². The van der Waals surface area contributed by atoms with Crippen molar-refractivity contribution in [3.05, 3.63) is 23.8 Å². The molecule has 0 atom stereocenters. The van der Waals surface area contributed by atoms with Gasteiger partial charge in [-0.3, -0.25) is 9.69 Å². The molecule has 3 N–H and O–H groups in total. The molecule has 1 aromatic rings. The number of piperidine rings is 1. The number of ether oxygens (including phenoxy) is 1. The third-order valence-corrected chi connectivity index (χ3v) is 3.80. The molecule has 0 aliphatic carbocycles. The van der Waals surface area contributed by atoms with Gasteiger partial charge in [0.2, 0.25) is 5.91 Å². The largest absolute Gasteiger partial charge is 0.397 e. The van der Waals surface area contributed by atoms with E-state index in [9.17, 15) is 4.79 Å². The number of anilines is 2. The van der Waals surface area contributed by atoms with Crippen LogP contribution in [0.2, 0.25) is 0 Å². The van der Waals surface area contributed by atoms with Crippen molar-refractivity contribution in [3.63, 3.8) is 0 Å². The first-order valence-corrected chi connectivity index (χ1v) is 7.00. The van der Waals surface area contributed by atoms with Crippen LogP contribution in [-0.2, 0) is 9.53 Å². The van der Waals surface area contributed by atoms with E-state index in [1.807, 2.05) is 19.1 Å². The summed E-state index contributed by atoms with van der Waals surface area (Å²) in [4.78, 5) is 14.2. The maximum atomic E-state index is 12.1. The van der Waals surface area contributed by atoms with Crippen LogP contribution >= 0.6 is 0 Å². The molecule has 5 nitrogen and oxygen atoms in total. The summed E-state index contributed by atoms with van der Waals surface area (Å²) in [5.74, 6) is -0.0122. The zero-order valence-electron chi connectivity index (χ0n) is 12.2. The number of aryl methyl sites for hydroxylation is 1. The number of nitrogens with two attached hydrogens (primary N) is 1. The number of para-hydroxylation sites is 1. The Balaban J connectivity index is 1.87. The normalized spacial score (nSPS) is 17.1. The summed E-state index contributed by atoms with van der Waals surface area (Å²) < 4.78 is 5.33. The number of carbonyl (C=O) groups is 1. The molecule has 1 aromatic carbocycles. The second kappa shape index (κ2) is 6.72. The van der Waals surface area contributed by atoms with Gasteiger partial charge in [-0.15, -0.1) is 0 Å². The van der Waals surface area contributed by atoms with Gasteiger partial charge in [-0.05, 0) is 31.4 Å². The first-order valence-electron chi connectivity index (χ1n) is 7.00. The van der Waals surface area contributed by atoms with Crippen LogP contribution in [0, 0.1) is 6.92 Å². The van der Waals surface area contributed by atoms with E-state index >= 15 is 0 Å². The number of hydrogen-bond acceptors (Lipinski definition) is 4. The molecule has 1 fully saturated rings. The van der Waals surface area contributed by atoms with Crippen LogP contribution in [0.25, 0.3) is 0 Å². The van der Waals surface area contributed by atoms with Gasteiger partial charge in [-0.2, -0.15) is 0 Å². The molecule has 0 radical (unpaired) electrons. The Labute approximate surface area is 120 Å². The topological polar surface area (TPSA) is 67.6 Å². The van der Waals surface area contributed by atoms with Crippen LogP contribution in [-0.4, -0.2) is 43.7 Å². The first-order chi connectivity index (χ1) is 9.60. The van der Waals surface area contributed by atoms with Crippen LogP contribution in [0.5, 0.6) is 0 Å². The molecule has 2 rings (SSSR count). The van der Waals surface area contributed by atoms with Crippen LogP contribution in [0.1, 0.15) is 18.4 Å². The standard InChI is InChI=1S/C15H23N3O2/c1-11-4-3-5-13(16)15(11)17-14(19)10-18-8-6-12(20-2)7-9-18/h3-5,12H,6-10,16H2,1-2H3,(H,17,19). The fraction of sp³-hybridized carbons (Fsp3) is 0.533. The lowest BCUT2D eigenvalue weighted by molar-refractivity contribution is -0.117. The highest BCUT2D eigenvalue weighted by atomic mass is 16.5. The highest BCUT2D eigenvalue weighted by Crippen LogP contribution is 2.22. The number of hydrogen-bond donors (Lipinski definition) is 2. The Bertz CT molecular complexity index is 448. The Morgan fingerprint density at radius 2 is 2.15 bits per heavy atom. The summed E-state index contributed by atoms with van der Waals surface area (Å²) in [5, 5.41) is 2.91. The van der Waals surface area contributed by atoms with Crippen molar-refractivity contribution in [2.24, 2.45) is 0 Å². The smallest absolute Gasteiger partial charge is 0.238 e. The molecule has 20 heavy (non-hydrogen) atoms. The van der Waals surface area contributed by atoms with Gasteiger partial charge in [0.25, 0.3) is 0 Å².